The van der Waals surface area contributed by atoms with Gasteiger partial charge in [0, 0.05) is 18.8 Å². The number of piperazine rings is 1. The summed E-state index contributed by atoms with van der Waals surface area (Å²) in [7, 11) is 1.39. The molecule has 10 heteroatoms. The number of carbonyl (C=O) groups is 1. The second-order valence-corrected chi connectivity index (χ2v) is 5.60. The second kappa shape index (κ2) is 7.22. The molecule has 2 rings (SSSR count). The maximum atomic E-state index is 12.9. The molecule has 1 aliphatic rings. The molecule has 0 saturated carbocycles. The molecule has 0 aliphatic carbocycles. The Kier molecular flexibility index (Phi) is 5.46. The molecule has 1 saturated heterocycles. The van der Waals surface area contributed by atoms with Gasteiger partial charge in [0.1, 0.15) is 0 Å². The van der Waals surface area contributed by atoms with Gasteiger partial charge in [0.15, 0.2) is 0 Å². The molecule has 0 bridgehead atoms. The molecule has 1 heterocycles. The molecule has 1 aliphatic heterocycles. The third-order valence-corrected chi connectivity index (χ3v) is 4.10. The van der Waals surface area contributed by atoms with Crippen LogP contribution in [0.3, 0.4) is 0 Å². The number of alkyl halides is 3. The summed E-state index contributed by atoms with van der Waals surface area (Å²) in [5.74, 6) is 4.60. The predicted molar refractivity (Wildman–Crippen MR) is 86.8 cm³/mol. The average molecular weight is 377 g/mol. The van der Waals surface area contributed by atoms with Crippen LogP contribution in [0.5, 0.6) is 0 Å². The van der Waals surface area contributed by atoms with Gasteiger partial charge in [0.25, 0.3) is 5.91 Å². The Morgan fingerprint density at radius 3 is 2.60 bits per heavy atom. The van der Waals surface area contributed by atoms with Crippen LogP contribution in [-0.4, -0.2) is 48.5 Å². The first kappa shape index (κ1) is 18.9. The minimum absolute atomic E-state index is 0.0772. The van der Waals surface area contributed by atoms with E-state index in [-0.39, 0.29) is 31.2 Å². The molecule has 25 heavy (non-hydrogen) atoms. The first-order valence-electron chi connectivity index (χ1n) is 7.12. The van der Waals surface area contributed by atoms with Crippen LogP contribution < -0.4 is 5.84 Å². The fraction of sp³-hybridized carbons (Fsp3) is 0.333. The molecule has 1 amide bonds. The summed E-state index contributed by atoms with van der Waals surface area (Å²) in [6.07, 6.45) is -4.64. The van der Waals surface area contributed by atoms with Crippen molar-refractivity contribution in [2.75, 3.05) is 26.7 Å². The number of ether oxygens (including phenoxy) is 1. The van der Waals surface area contributed by atoms with Gasteiger partial charge in [-0.2, -0.15) is 13.2 Å². The first-order chi connectivity index (χ1) is 11.7. The van der Waals surface area contributed by atoms with E-state index in [4.69, 9.17) is 22.2 Å². The SMILES string of the molecule is C=C1CN(C(=O)c2cccc(C(F)(F)F)c2Cl)CCN1/C(=N\N)OC. The van der Waals surface area contributed by atoms with E-state index in [2.05, 4.69) is 11.7 Å². The van der Waals surface area contributed by atoms with E-state index in [0.29, 0.717) is 5.70 Å². The zero-order valence-electron chi connectivity index (χ0n) is 13.3. The number of hydrogen-bond acceptors (Lipinski definition) is 4. The molecular formula is C15H16ClF3N4O2. The van der Waals surface area contributed by atoms with E-state index < -0.39 is 22.7 Å². The maximum Gasteiger partial charge on any atom is 0.417 e. The van der Waals surface area contributed by atoms with E-state index in [1.807, 2.05) is 0 Å². The molecule has 0 atom stereocenters. The third-order valence-electron chi connectivity index (χ3n) is 3.69. The van der Waals surface area contributed by atoms with Gasteiger partial charge in [-0.05, 0) is 12.1 Å². The van der Waals surface area contributed by atoms with Crippen molar-refractivity contribution in [3.8, 4) is 0 Å². The summed E-state index contributed by atoms with van der Waals surface area (Å²) in [4.78, 5) is 15.5. The van der Waals surface area contributed by atoms with Crippen molar-refractivity contribution in [3.05, 3.63) is 46.6 Å². The summed E-state index contributed by atoms with van der Waals surface area (Å²) in [5, 5.41) is 2.85. The van der Waals surface area contributed by atoms with Crippen molar-refractivity contribution in [2.45, 2.75) is 6.18 Å². The predicted octanol–water partition coefficient (Wildman–Crippen LogP) is 2.51. The van der Waals surface area contributed by atoms with Crippen LogP contribution in [0.25, 0.3) is 0 Å². The summed E-state index contributed by atoms with van der Waals surface area (Å²) >= 11 is 5.81. The summed E-state index contributed by atoms with van der Waals surface area (Å²) in [6.45, 7) is 4.40. The van der Waals surface area contributed by atoms with Crippen LogP contribution in [0.2, 0.25) is 5.02 Å². The number of methoxy groups -OCH3 is 1. The normalized spacial score (nSPS) is 16.2. The lowest BCUT2D eigenvalue weighted by atomic mass is 10.1. The number of nitrogens with two attached hydrogens (primary N) is 1. The molecule has 0 unspecified atom stereocenters. The number of benzene rings is 1. The minimum atomic E-state index is -4.64. The lowest BCUT2D eigenvalue weighted by molar-refractivity contribution is -0.137. The molecule has 136 valence electrons. The highest BCUT2D eigenvalue weighted by Crippen LogP contribution is 2.36. The Bertz CT molecular complexity index is 721. The molecule has 1 fully saturated rings. The number of hydrazone groups is 1. The van der Waals surface area contributed by atoms with Gasteiger partial charge in [0.2, 0.25) is 0 Å². The topological polar surface area (TPSA) is 71.2 Å². The summed E-state index contributed by atoms with van der Waals surface area (Å²) in [6, 6.07) is 3.38. The van der Waals surface area contributed by atoms with Crippen LogP contribution in [0, 0.1) is 0 Å². The molecule has 6 nitrogen and oxygen atoms in total. The highest BCUT2D eigenvalue weighted by atomic mass is 35.5. The Morgan fingerprint density at radius 1 is 1.40 bits per heavy atom. The Morgan fingerprint density at radius 2 is 2.08 bits per heavy atom. The number of halogens is 4. The van der Waals surface area contributed by atoms with Crippen LogP contribution >= 0.6 is 11.6 Å². The standard InChI is InChI=1S/C15H16ClF3N4O2/c1-9-8-22(6-7-23(9)14(21-20)25-2)13(24)10-4-3-5-11(12(10)16)15(17,18)19/h3-5H,1,6-8,20H2,2H3/b21-14+. The largest absolute Gasteiger partial charge is 0.467 e. The number of carbonyl (C=O) groups excluding carboxylic acids is 1. The van der Waals surface area contributed by atoms with E-state index >= 15 is 0 Å². The van der Waals surface area contributed by atoms with Gasteiger partial charge in [-0.15, -0.1) is 5.10 Å². The van der Waals surface area contributed by atoms with Gasteiger partial charge in [-0.3, -0.25) is 9.69 Å². The zero-order valence-corrected chi connectivity index (χ0v) is 14.1. The van der Waals surface area contributed by atoms with Crippen molar-refractivity contribution < 1.29 is 22.7 Å². The quantitative estimate of drug-likeness (QED) is 0.354. The summed E-state index contributed by atoms with van der Waals surface area (Å²) in [5.41, 5.74) is -0.791. The van der Waals surface area contributed by atoms with Gasteiger partial charge in [0.05, 0.1) is 29.8 Å². The highest BCUT2D eigenvalue weighted by Gasteiger charge is 2.36. The van der Waals surface area contributed by atoms with Crippen LogP contribution in [-0.2, 0) is 10.9 Å². The fourth-order valence-corrected chi connectivity index (χ4v) is 2.80. The molecule has 1 aromatic rings. The Balaban J connectivity index is 2.22. The zero-order chi connectivity index (χ0) is 18.8. The number of nitrogens with zero attached hydrogens (tertiary/aromatic N) is 3. The smallest absolute Gasteiger partial charge is 0.417 e. The molecule has 0 aromatic heterocycles. The van der Waals surface area contributed by atoms with Gasteiger partial charge in [-0.25, -0.2) is 0 Å². The monoisotopic (exact) mass is 376 g/mol. The number of hydrogen-bond donors (Lipinski definition) is 1. The second-order valence-electron chi connectivity index (χ2n) is 5.23. The van der Waals surface area contributed by atoms with Crippen LogP contribution in [0.4, 0.5) is 13.2 Å². The van der Waals surface area contributed by atoms with Gasteiger partial charge >= 0.3 is 12.2 Å². The van der Waals surface area contributed by atoms with Crippen molar-refractivity contribution in [2.24, 2.45) is 10.9 Å². The van der Waals surface area contributed by atoms with Crippen molar-refractivity contribution >= 4 is 23.5 Å². The van der Waals surface area contributed by atoms with E-state index in [1.165, 1.54) is 18.1 Å². The number of amides is 1. The Labute approximate surface area is 147 Å². The lowest BCUT2D eigenvalue weighted by Gasteiger charge is -2.36. The first-order valence-corrected chi connectivity index (χ1v) is 7.50. The maximum absolute atomic E-state index is 12.9. The average Bonchev–Trinajstić information content (AvgIpc) is 2.55. The van der Waals surface area contributed by atoms with Crippen LogP contribution in [0.1, 0.15) is 15.9 Å². The van der Waals surface area contributed by atoms with Gasteiger partial charge in [-0.1, -0.05) is 24.2 Å². The molecule has 0 radical (unpaired) electrons. The number of rotatable bonds is 1. The van der Waals surface area contributed by atoms with Crippen molar-refractivity contribution in [1.82, 2.24) is 9.80 Å². The summed E-state index contributed by atoms with van der Waals surface area (Å²) < 4.78 is 43.8. The number of amidine groups is 1. The third kappa shape index (κ3) is 3.81. The van der Waals surface area contributed by atoms with Gasteiger partial charge < -0.3 is 15.5 Å². The fourth-order valence-electron chi connectivity index (χ4n) is 2.49. The minimum Gasteiger partial charge on any atom is -0.467 e. The van der Waals surface area contributed by atoms with Crippen LogP contribution in [0.15, 0.2) is 35.6 Å². The molecule has 2 N–H and O–H groups in total. The Hall–Kier alpha value is -2.42. The van der Waals surface area contributed by atoms with E-state index in [0.717, 1.165) is 12.1 Å². The van der Waals surface area contributed by atoms with E-state index in [9.17, 15) is 18.0 Å². The molecular weight excluding hydrogens is 361 g/mol. The van der Waals surface area contributed by atoms with E-state index in [1.54, 1.807) is 4.90 Å². The van der Waals surface area contributed by atoms with Crippen molar-refractivity contribution in [3.63, 3.8) is 0 Å². The molecule has 1 aromatic carbocycles. The van der Waals surface area contributed by atoms with Crippen molar-refractivity contribution in [1.29, 1.82) is 0 Å². The highest BCUT2D eigenvalue weighted by molar-refractivity contribution is 6.34. The lowest BCUT2D eigenvalue weighted by Crippen LogP contribution is -2.49. The molecule has 0 spiro atoms.